The van der Waals surface area contributed by atoms with Crippen molar-refractivity contribution >= 4 is 22.8 Å². The van der Waals surface area contributed by atoms with E-state index >= 15 is 0 Å². The topological polar surface area (TPSA) is 89.3 Å². The molecule has 2 aliphatic heterocycles. The van der Waals surface area contributed by atoms with Crippen molar-refractivity contribution in [2.45, 2.75) is 13.3 Å². The van der Waals surface area contributed by atoms with Gasteiger partial charge in [-0.2, -0.15) is 15.0 Å². The van der Waals surface area contributed by atoms with Crippen LogP contribution in [0.3, 0.4) is 0 Å². The van der Waals surface area contributed by atoms with E-state index in [1.807, 2.05) is 54.4 Å². The Kier molecular flexibility index (Phi) is 5.32. The summed E-state index contributed by atoms with van der Waals surface area (Å²) in [4.78, 5) is 29.0. The first-order valence-electron chi connectivity index (χ1n) is 11.9. The Hall–Kier alpha value is -4.01. The molecule has 0 spiro atoms. The molecule has 9 nitrogen and oxygen atoms in total. The lowest BCUT2D eigenvalue weighted by Crippen LogP contribution is -2.54. The number of likely N-dealkylation sites (tertiary alicyclic amines) is 1. The van der Waals surface area contributed by atoms with Crippen LogP contribution in [0.1, 0.15) is 22.3 Å². The van der Waals surface area contributed by atoms with Crippen LogP contribution in [0, 0.1) is 18.8 Å². The molecule has 4 aromatic rings. The van der Waals surface area contributed by atoms with Gasteiger partial charge < -0.3 is 14.5 Å². The van der Waals surface area contributed by atoms with E-state index in [2.05, 4.69) is 20.1 Å². The minimum atomic E-state index is 0.0450. The van der Waals surface area contributed by atoms with Crippen molar-refractivity contribution in [3.63, 3.8) is 0 Å². The zero-order valence-electron chi connectivity index (χ0n) is 19.8. The third kappa shape index (κ3) is 4.07. The van der Waals surface area contributed by atoms with Crippen LogP contribution < -0.4 is 9.64 Å². The van der Waals surface area contributed by atoms with Gasteiger partial charge in [0, 0.05) is 32.2 Å². The van der Waals surface area contributed by atoms with Gasteiger partial charge in [-0.25, -0.2) is 4.98 Å². The number of amides is 1. The molecule has 2 saturated heterocycles. The number of anilines is 1. The van der Waals surface area contributed by atoms with Crippen molar-refractivity contribution in [1.82, 2.24) is 29.9 Å². The molecular formula is C26H27N7O2. The lowest BCUT2D eigenvalue weighted by atomic mass is 9.84. The molecule has 2 atom stereocenters. The van der Waals surface area contributed by atoms with Crippen molar-refractivity contribution in [2.24, 2.45) is 11.8 Å². The smallest absolute Gasteiger partial charge is 0.256 e. The van der Waals surface area contributed by atoms with E-state index in [0.717, 1.165) is 60.8 Å². The van der Waals surface area contributed by atoms with Crippen LogP contribution in [0.2, 0.25) is 0 Å². The van der Waals surface area contributed by atoms with Gasteiger partial charge in [-0.3, -0.25) is 9.78 Å². The van der Waals surface area contributed by atoms with E-state index in [4.69, 9.17) is 9.72 Å². The molecule has 6 rings (SSSR count). The summed E-state index contributed by atoms with van der Waals surface area (Å²) in [6.45, 7) is 5.17. The SMILES string of the molecule is COc1ccc2nc(N3CC4CC(CN(C(=O)c5cc(C)ccc5-n5nccn5)C4)C3)cnc2c1. The Labute approximate surface area is 203 Å². The minimum Gasteiger partial charge on any atom is -0.497 e. The first-order chi connectivity index (χ1) is 17.1. The van der Waals surface area contributed by atoms with Crippen LogP contribution in [0.25, 0.3) is 16.7 Å². The first kappa shape index (κ1) is 21.5. The predicted molar refractivity (Wildman–Crippen MR) is 132 cm³/mol. The van der Waals surface area contributed by atoms with Gasteiger partial charge in [0.15, 0.2) is 0 Å². The maximum absolute atomic E-state index is 13.7. The average Bonchev–Trinajstić information content (AvgIpc) is 3.41. The molecule has 2 unspecified atom stereocenters. The zero-order chi connectivity index (χ0) is 23.9. The number of carbonyl (C=O) groups excluding carboxylic acids is 1. The van der Waals surface area contributed by atoms with Gasteiger partial charge in [-0.05, 0) is 49.4 Å². The molecule has 178 valence electrons. The van der Waals surface area contributed by atoms with E-state index in [9.17, 15) is 4.79 Å². The second-order valence-corrected chi connectivity index (χ2v) is 9.50. The largest absolute Gasteiger partial charge is 0.497 e. The Morgan fingerprint density at radius 1 is 0.971 bits per heavy atom. The molecule has 0 aliphatic carbocycles. The van der Waals surface area contributed by atoms with E-state index in [0.29, 0.717) is 23.1 Å². The van der Waals surface area contributed by atoms with Crippen LogP contribution in [-0.4, -0.2) is 69.1 Å². The summed E-state index contributed by atoms with van der Waals surface area (Å²) in [6, 6.07) is 11.6. The molecule has 9 heteroatoms. The molecule has 1 amide bonds. The molecule has 2 bridgehead atoms. The molecule has 2 aromatic carbocycles. The lowest BCUT2D eigenvalue weighted by molar-refractivity contribution is 0.0564. The van der Waals surface area contributed by atoms with Crippen LogP contribution in [0.15, 0.2) is 55.0 Å². The first-order valence-corrected chi connectivity index (χ1v) is 11.9. The highest BCUT2D eigenvalue weighted by Crippen LogP contribution is 2.32. The lowest BCUT2D eigenvalue weighted by Gasteiger charge is -2.46. The second kappa shape index (κ2) is 8.65. The maximum Gasteiger partial charge on any atom is 0.256 e. The zero-order valence-corrected chi connectivity index (χ0v) is 19.8. The van der Waals surface area contributed by atoms with Crippen LogP contribution in [0.4, 0.5) is 5.82 Å². The number of hydrogen-bond donors (Lipinski definition) is 0. The number of nitrogens with zero attached hydrogens (tertiary/aromatic N) is 7. The number of carbonyl (C=O) groups is 1. The van der Waals surface area contributed by atoms with Crippen molar-refractivity contribution < 1.29 is 9.53 Å². The van der Waals surface area contributed by atoms with Crippen LogP contribution >= 0.6 is 0 Å². The van der Waals surface area contributed by atoms with Crippen LogP contribution in [-0.2, 0) is 0 Å². The molecule has 0 saturated carbocycles. The summed E-state index contributed by atoms with van der Waals surface area (Å²) in [5.41, 5.74) is 4.08. The highest BCUT2D eigenvalue weighted by Gasteiger charge is 2.37. The van der Waals surface area contributed by atoms with E-state index < -0.39 is 0 Å². The molecule has 0 radical (unpaired) electrons. The number of rotatable bonds is 4. The van der Waals surface area contributed by atoms with Crippen molar-refractivity contribution in [3.8, 4) is 11.4 Å². The van der Waals surface area contributed by atoms with Gasteiger partial charge in [0.2, 0.25) is 0 Å². The molecule has 2 aromatic heterocycles. The summed E-state index contributed by atoms with van der Waals surface area (Å²) in [5.74, 6) is 2.48. The predicted octanol–water partition coefficient (Wildman–Crippen LogP) is 3.13. The van der Waals surface area contributed by atoms with E-state index in [1.54, 1.807) is 19.5 Å². The highest BCUT2D eigenvalue weighted by atomic mass is 16.5. The van der Waals surface area contributed by atoms with Gasteiger partial charge in [0.05, 0.1) is 48.0 Å². The van der Waals surface area contributed by atoms with E-state index in [-0.39, 0.29) is 5.91 Å². The molecular weight excluding hydrogens is 442 g/mol. The summed E-state index contributed by atoms with van der Waals surface area (Å²) in [5, 5.41) is 8.49. The quantitative estimate of drug-likeness (QED) is 0.454. The van der Waals surface area contributed by atoms with Crippen LogP contribution in [0.5, 0.6) is 5.75 Å². The summed E-state index contributed by atoms with van der Waals surface area (Å²) in [6.07, 6.45) is 6.22. The number of ether oxygens (including phenoxy) is 1. The number of benzene rings is 2. The number of hydrogen-bond acceptors (Lipinski definition) is 7. The second-order valence-electron chi connectivity index (χ2n) is 9.50. The monoisotopic (exact) mass is 469 g/mol. The maximum atomic E-state index is 13.7. The fourth-order valence-corrected chi connectivity index (χ4v) is 5.40. The fraction of sp³-hybridized carbons (Fsp3) is 0.346. The van der Waals surface area contributed by atoms with Gasteiger partial charge in [0.1, 0.15) is 11.6 Å². The third-order valence-corrected chi connectivity index (χ3v) is 6.95. The minimum absolute atomic E-state index is 0.0450. The molecule has 0 N–H and O–H groups in total. The number of fused-ring (bicyclic) bond motifs is 3. The van der Waals surface area contributed by atoms with Crippen molar-refractivity contribution in [3.05, 3.63) is 66.1 Å². The molecule has 2 aliphatic rings. The summed E-state index contributed by atoms with van der Waals surface area (Å²) < 4.78 is 5.30. The number of methoxy groups -OCH3 is 1. The number of aromatic nitrogens is 5. The molecule has 2 fully saturated rings. The van der Waals surface area contributed by atoms with Gasteiger partial charge >= 0.3 is 0 Å². The highest BCUT2D eigenvalue weighted by molar-refractivity contribution is 5.98. The fourth-order valence-electron chi connectivity index (χ4n) is 5.40. The van der Waals surface area contributed by atoms with E-state index in [1.165, 1.54) is 4.80 Å². The normalized spacial score (nSPS) is 19.7. The average molecular weight is 470 g/mol. The summed E-state index contributed by atoms with van der Waals surface area (Å²) >= 11 is 0. The molecule has 4 heterocycles. The van der Waals surface area contributed by atoms with Gasteiger partial charge in [-0.15, -0.1) is 0 Å². The summed E-state index contributed by atoms with van der Waals surface area (Å²) in [7, 11) is 1.65. The number of piperidine rings is 2. The van der Waals surface area contributed by atoms with Crippen molar-refractivity contribution in [2.75, 3.05) is 38.2 Å². The molecule has 35 heavy (non-hydrogen) atoms. The Morgan fingerprint density at radius 3 is 2.49 bits per heavy atom. The van der Waals surface area contributed by atoms with Gasteiger partial charge in [0.25, 0.3) is 5.91 Å². The number of aryl methyl sites for hydroxylation is 1. The Balaban J connectivity index is 1.21. The Morgan fingerprint density at radius 2 is 1.74 bits per heavy atom. The standard InChI is InChI=1S/C26H27N7O2/c1-17-3-6-24(33-28-7-8-29-33)21(9-17)26(34)32-15-18-10-19(16-32)14-31(13-18)25-12-27-23-11-20(35-2)4-5-22(23)30-25/h3-9,11-12,18-19H,10,13-16H2,1-2H3. The Bertz CT molecular complexity index is 1370. The third-order valence-electron chi connectivity index (χ3n) is 6.95. The van der Waals surface area contributed by atoms with Gasteiger partial charge in [-0.1, -0.05) is 11.6 Å². The van der Waals surface area contributed by atoms with Crippen molar-refractivity contribution in [1.29, 1.82) is 0 Å².